The number of hydrogen-bond donors (Lipinski definition) is 1. The van der Waals surface area contributed by atoms with Crippen LogP contribution >= 0.6 is 0 Å². The first-order valence-corrected chi connectivity index (χ1v) is 5.89. The third kappa shape index (κ3) is 2.18. The van der Waals surface area contributed by atoms with Gasteiger partial charge < -0.3 is 0 Å². The van der Waals surface area contributed by atoms with E-state index in [1.807, 2.05) is 31.2 Å². The molecular formula is C14H12N4O. The van der Waals surface area contributed by atoms with Crippen molar-refractivity contribution >= 4 is 16.6 Å². The number of aryl methyl sites for hydroxylation is 1. The van der Waals surface area contributed by atoms with Crippen molar-refractivity contribution in [3.8, 4) is 0 Å². The molecule has 0 atom stereocenters. The fourth-order valence-corrected chi connectivity index (χ4v) is 1.83. The Hall–Kier alpha value is -2.69. The van der Waals surface area contributed by atoms with E-state index in [0.717, 1.165) is 10.9 Å². The van der Waals surface area contributed by atoms with Crippen LogP contribution in [0.3, 0.4) is 0 Å². The van der Waals surface area contributed by atoms with Crippen molar-refractivity contribution in [1.82, 2.24) is 14.6 Å². The maximum atomic E-state index is 12.2. The zero-order valence-electron chi connectivity index (χ0n) is 10.4. The molecule has 0 fully saturated rings. The second-order valence-corrected chi connectivity index (χ2v) is 4.29. The van der Waals surface area contributed by atoms with Crippen molar-refractivity contribution in [2.45, 2.75) is 6.92 Å². The van der Waals surface area contributed by atoms with E-state index in [2.05, 4.69) is 15.4 Å². The van der Waals surface area contributed by atoms with Gasteiger partial charge in [0.15, 0.2) is 0 Å². The van der Waals surface area contributed by atoms with Gasteiger partial charge in [-0.2, -0.15) is 0 Å². The van der Waals surface area contributed by atoms with E-state index in [1.165, 1.54) is 4.68 Å². The van der Waals surface area contributed by atoms with Crippen LogP contribution < -0.4 is 11.0 Å². The largest absolute Gasteiger partial charge is 0.278 e. The second-order valence-electron chi connectivity index (χ2n) is 4.29. The minimum atomic E-state index is -0.145. The molecule has 0 saturated heterocycles. The predicted octanol–water partition coefficient (Wildman–Crippen LogP) is 1.98. The molecule has 94 valence electrons. The Morgan fingerprint density at radius 3 is 2.84 bits per heavy atom. The SMILES string of the molecule is Cc1ccc(Nn2ccc3ccncc3c2=O)nc1. The van der Waals surface area contributed by atoms with E-state index < -0.39 is 0 Å². The molecule has 3 aromatic heterocycles. The molecule has 0 amide bonds. The van der Waals surface area contributed by atoms with E-state index in [1.54, 1.807) is 24.8 Å². The number of anilines is 1. The molecule has 0 aliphatic heterocycles. The molecule has 1 N–H and O–H groups in total. The van der Waals surface area contributed by atoms with Crippen molar-refractivity contribution in [3.63, 3.8) is 0 Å². The number of nitrogens with one attached hydrogen (secondary N) is 1. The van der Waals surface area contributed by atoms with Crippen LogP contribution in [0.1, 0.15) is 5.56 Å². The normalized spacial score (nSPS) is 10.6. The zero-order chi connectivity index (χ0) is 13.2. The summed E-state index contributed by atoms with van der Waals surface area (Å²) < 4.78 is 1.40. The molecule has 0 saturated carbocycles. The van der Waals surface area contributed by atoms with Crippen LogP contribution in [-0.4, -0.2) is 14.6 Å². The summed E-state index contributed by atoms with van der Waals surface area (Å²) in [6.45, 7) is 1.96. The van der Waals surface area contributed by atoms with Gasteiger partial charge >= 0.3 is 0 Å². The number of fused-ring (bicyclic) bond motifs is 1. The highest BCUT2D eigenvalue weighted by Gasteiger charge is 2.02. The lowest BCUT2D eigenvalue weighted by atomic mass is 10.2. The average molecular weight is 252 g/mol. The van der Waals surface area contributed by atoms with Crippen molar-refractivity contribution in [3.05, 3.63) is 65.0 Å². The van der Waals surface area contributed by atoms with Gasteiger partial charge in [-0.05, 0) is 36.1 Å². The Kier molecular flexibility index (Phi) is 2.72. The highest BCUT2D eigenvalue weighted by molar-refractivity contribution is 5.80. The van der Waals surface area contributed by atoms with Gasteiger partial charge in [0.25, 0.3) is 5.56 Å². The van der Waals surface area contributed by atoms with Gasteiger partial charge in [0, 0.05) is 24.8 Å². The van der Waals surface area contributed by atoms with Gasteiger partial charge in [0.2, 0.25) is 0 Å². The minimum Gasteiger partial charge on any atom is -0.275 e. The molecule has 0 bridgehead atoms. The number of hydrogen-bond acceptors (Lipinski definition) is 4. The number of aromatic nitrogens is 3. The topological polar surface area (TPSA) is 59.8 Å². The maximum absolute atomic E-state index is 12.2. The van der Waals surface area contributed by atoms with Crippen LogP contribution in [0, 0.1) is 6.92 Å². The number of pyridine rings is 3. The first kappa shape index (κ1) is 11.4. The molecule has 0 aromatic carbocycles. The first-order chi connectivity index (χ1) is 9.24. The quantitative estimate of drug-likeness (QED) is 0.757. The van der Waals surface area contributed by atoms with E-state index >= 15 is 0 Å². The lowest BCUT2D eigenvalue weighted by Gasteiger charge is -2.09. The Labute approximate surface area is 109 Å². The van der Waals surface area contributed by atoms with E-state index in [0.29, 0.717) is 11.2 Å². The van der Waals surface area contributed by atoms with Crippen molar-refractivity contribution in [1.29, 1.82) is 0 Å². The summed E-state index contributed by atoms with van der Waals surface area (Å²) in [6, 6.07) is 7.43. The summed E-state index contributed by atoms with van der Waals surface area (Å²) >= 11 is 0. The predicted molar refractivity (Wildman–Crippen MR) is 74.0 cm³/mol. The summed E-state index contributed by atoms with van der Waals surface area (Å²) in [5.41, 5.74) is 3.88. The van der Waals surface area contributed by atoms with E-state index in [-0.39, 0.29) is 5.56 Å². The summed E-state index contributed by atoms with van der Waals surface area (Å²) in [6.07, 6.45) is 6.67. The van der Waals surface area contributed by atoms with E-state index in [4.69, 9.17) is 0 Å². The van der Waals surface area contributed by atoms with Crippen LogP contribution in [0.5, 0.6) is 0 Å². The molecule has 5 nitrogen and oxygen atoms in total. The third-order valence-electron chi connectivity index (χ3n) is 2.85. The molecule has 3 aromatic rings. The molecule has 0 spiro atoms. The molecule has 5 heteroatoms. The van der Waals surface area contributed by atoms with Gasteiger partial charge in [0.1, 0.15) is 5.82 Å². The Morgan fingerprint density at radius 2 is 2.05 bits per heavy atom. The summed E-state index contributed by atoms with van der Waals surface area (Å²) in [7, 11) is 0. The fraction of sp³-hybridized carbons (Fsp3) is 0.0714. The van der Waals surface area contributed by atoms with Crippen LogP contribution in [0.4, 0.5) is 5.82 Å². The molecular weight excluding hydrogens is 240 g/mol. The molecule has 3 heterocycles. The van der Waals surface area contributed by atoms with Crippen LogP contribution in [-0.2, 0) is 0 Å². The lowest BCUT2D eigenvalue weighted by Crippen LogP contribution is -2.26. The molecule has 0 aliphatic rings. The third-order valence-corrected chi connectivity index (χ3v) is 2.85. The van der Waals surface area contributed by atoms with Gasteiger partial charge in [-0.3, -0.25) is 15.2 Å². The number of nitrogens with zero attached hydrogens (tertiary/aromatic N) is 3. The van der Waals surface area contributed by atoms with Gasteiger partial charge in [-0.25, -0.2) is 9.66 Å². The summed E-state index contributed by atoms with van der Waals surface area (Å²) in [5, 5.41) is 1.44. The van der Waals surface area contributed by atoms with Gasteiger partial charge in [0.05, 0.1) is 5.39 Å². The Bertz CT molecular complexity index is 777. The lowest BCUT2D eigenvalue weighted by molar-refractivity contribution is 0.899. The standard InChI is InChI=1S/C14H12N4O/c1-10-2-3-13(16-8-10)17-18-7-5-11-4-6-15-9-12(11)14(18)19/h2-9H,1H3,(H,16,17). The minimum absolute atomic E-state index is 0.145. The Balaban J connectivity index is 2.04. The van der Waals surface area contributed by atoms with Crippen molar-refractivity contribution < 1.29 is 0 Å². The van der Waals surface area contributed by atoms with Crippen molar-refractivity contribution in [2.24, 2.45) is 0 Å². The van der Waals surface area contributed by atoms with Crippen LogP contribution in [0.2, 0.25) is 0 Å². The molecule has 3 rings (SSSR count). The van der Waals surface area contributed by atoms with Gasteiger partial charge in [-0.15, -0.1) is 0 Å². The fourth-order valence-electron chi connectivity index (χ4n) is 1.83. The summed E-state index contributed by atoms with van der Waals surface area (Å²) in [4.78, 5) is 20.4. The maximum Gasteiger partial charge on any atom is 0.278 e. The highest BCUT2D eigenvalue weighted by Crippen LogP contribution is 2.07. The van der Waals surface area contributed by atoms with Crippen LogP contribution in [0.15, 0.2) is 53.8 Å². The smallest absolute Gasteiger partial charge is 0.275 e. The van der Waals surface area contributed by atoms with Gasteiger partial charge in [-0.1, -0.05) is 6.07 Å². The number of rotatable bonds is 2. The monoisotopic (exact) mass is 252 g/mol. The molecule has 0 unspecified atom stereocenters. The average Bonchev–Trinajstić information content (AvgIpc) is 2.45. The molecule has 0 aliphatic carbocycles. The molecule has 0 radical (unpaired) electrons. The van der Waals surface area contributed by atoms with Crippen molar-refractivity contribution in [2.75, 3.05) is 5.43 Å². The molecule has 19 heavy (non-hydrogen) atoms. The zero-order valence-corrected chi connectivity index (χ0v) is 10.4. The summed E-state index contributed by atoms with van der Waals surface area (Å²) in [5.74, 6) is 0.621. The van der Waals surface area contributed by atoms with Crippen LogP contribution in [0.25, 0.3) is 10.8 Å². The Morgan fingerprint density at radius 1 is 1.16 bits per heavy atom. The first-order valence-electron chi connectivity index (χ1n) is 5.89. The second kappa shape index (κ2) is 4.53. The van der Waals surface area contributed by atoms with E-state index in [9.17, 15) is 4.79 Å². The highest BCUT2D eigenvalue weighted by atomic mass is 16.1.